The molecule has 0 aliphatic rings. The summed E-state index contributed by atoms with van der Waals surface area (Å²) in [4.78, 5) is 29.7. The van der Waals surface area contributed by atoms with Gasteiger partial charge >= 0.3 is 0 Å². The van der Waals surface area contributed by atoms with Crippen LogP contribution in [0.15, 0.2) is 112 Å². The zero-order chi connectivity index (χ0) is 33.1. The number of rotatable bonds is 15. The first-order chi connectivity index (χ1) is 22.1. The third kappa shape index (κ3) is 9.34. The van der Waals surface area contributed by atoms with Crippen molar-refractivity contribution >= 4 is 55.1 Å². The number of anilines is 1. The molecule has 46 heavy (non-hydrogen) atoms. The lowest BCUT2D eigenvalue weighted by molar-refractivity contribution is -0.140. The van der Waals surface area contributed by atoms with Gasteiger partial charge in [0.25, 0.3) is 10.0 Å². The second kappa shape index (κ2) is 16.6. The van der Waals surface area contributed by atoms with E-state index in [4.69, 9.17) is 16.3 Å². The van der Waals surface area contributed by atoms with Crippen molar-refractivity contribution in [3.63, 3.8) is 0 Å². The monoisotopic (exact) mass is 725 g/mol. The SMILES string of the molecule is CCCNC(=O)[C@H](Cc1ccccc1)N(Cc1ccc(Cl)cc1)C(=O)CN(c1ccc(OCC)cc1)S(=O)(=O)c1ccc(Br)cc1. The Kier molecular flexibility index (Phi) is 12.7. The van der Waals surface area contributed by atoms with Gasteiger partial charge in [-0.05, 0) is 85.1 Å². The van der Waals surface area contributed by atoms with E-state index in [0.29, 0.717) is 34.8 Å². The van der Waals surface area contributed by atoms with E-state index in [9.17, 15) is 18.0 Å². The van der Waals surface area contributed by atoms with Crippen molar-refractivity contribution < 1.29 is 22.7 Å². The van der Waals surface area contributed by atoms with Crippen LogP contribution in [0.4, 0.5) is 5.69 Å². The number of hydrogen-bond acceptors (Lipinski definition) is 5. The minimum Gasteiger partial charge on any atom is -0.494 e. The first-order valence-corrected chi connectivity index (χ1v) is 17.6. The van der Waals surface area contributed by atoms with Gasteiger partial charge in [0.2, 0.25) is 11.8 Å². The molecule has 0 unspecified atom stereocenters. The fourth-order valence-electron chi connectivity index (χ4n) is 4.84. The molecule has 1 atom stereocenters. The molecule has 0 bridgehead atoms. The van der Waals surface area contributed by atoms with E-state index in [1.807, 2.05) is 44.2 Å². The summed E-state index contributed by atoms with van der Waals surface area (Å²) in [5.74, 6) is -0.299. The number of carbonyl (C=O) groups is 2. The fraction of sp³-hybridized carbons (Fsp3) is 0.257. The van der Waals surface area contributed by atoms with Crippen molar-refractivity contribution in [1.29, 1.82) is 0 Å². The van der Waals surface area contributed by atoms with Gasteiger partial charge in [0.05, 0.1) is 17.2 Å². The maximum absolute atomic E-state index is 14.5. The highest BCUT2D eigenvalue weighted by Crippen LogP contribution is 2.28. The van der Waals surface area contributed by atoms with E-state index < -0.39 is 28.5 Å². The van der Waals surface area contributed by atoms with Crippen LogP contribution in [-0.2, 0) is 32.6 Å². The van der Waals surface area contributed by atoms with Crippen molar-refractivity contribution in [2.45, 2.75) is 44.2 Å². The molecule has 0 radical (unpaired) electrons. The number of hydrogen-bond donors (Lipinski definition) is 1. The van der Waals surface area contributed by atoms with Gasteiger partial charge in [-0.15, -0.1) is 0 Å². The second-order valence-electron chi connectivity index (χ2n) is 10.5. The summed E-state index contributed by atoms with van der Waals surface area (Å²) in [5.41, 5.74) is 1.88. The average Bonchev–Trinajstić information content (AvgIpc) is 3.06. The van der Waals surface area contributed by atoms with Crippen LogP contribution in [0.3, 0.4) is 0 Å². The number of benzene rings is 4. The van der Waals surface area contributed by atoms with Crippen LogP contribution >= 0.6 is 27.5 Å². The summed E-state index contributed by atoms with van der Waals surface area (Å²) in [7, 11) is -4.22. The zero-order valence-corrected chi connectivity index (χ0v) is 28.9. The fourth-order valence-corrected chi connectivity index (χ4v) is 6.65. The number of ether oxygens (including phenoxy) is 1. The van der Waals surface area contributed by atoms with Crippen molar-refractivity contribution in [3.05, 3.63) is 124 Å². The first-order valence-electron chi connectivity index (χ1n) is 15.0. The number of nitrogens with one attached hydrogen (secondary N) is 1. The van der Waals surface area contributed by atoms with Gasteiger partial charge in [-0.1, -0.05) is 76.9 Å². The maximum Gasteiger partial charge on any atom is 0.264 e. The molecule has 0 aromatic heterocycles. The molecule has 0 heterocycles. The Hall–Kier alpha value is -3.86. The van der Waals surface area contributed by atoms with Gasteiger partial charge in [0.15, 0.2) is 0 Å². The molecule has 4 rings (SSSR count). The lowest BCUT2D eigenvalue weighted by atomic mass is 10.0. The molecule has 1 N–H and O–H groups in total. The van der Waals surface area contributed by atoms with Crippen LogP contribution in [0.1, 0.15) is 31.4 Å². The molecule has 11 heteroatoms. The molecule has 4 aromatic rings. The molecule has 0 saturated carbocycles. The predicted molar refractivity (Wildman–Crippen MR) is 186 cm³/mol. The number of carbonyl (C=O) groups excluding carboxylic acids is 2. The van der Waals surface area contributed by atoms with Gasteiger partial charge in [0, 0.05) is 29.0 Å². The Labute approximate surface area is 284 Å². The van der Waals surface area contributed by atoms with Crippen molar-refractivity contribution in [3.8, 4) is 5.75 Å². The lowest BCUT2D eigenvalue weighted by Crippen LogP contribution is -2.53. The molecular formula is C35H37BrClN3O5S. The van der Waals surface area contributed by atoms with Crippen LogP contribution in [0.2, 0.25) is 5.02 Å². The van der Waals surface area contributed by atoms with Gasteiger partial charge in [-0.25, -0.2) is 8.42 Å². The standard InChI is InChI=1S/C35H37BrClN3O5S/c1-3-22-38-35(42)33(23-26-8-6-5-7-9-26)39(24-27-10-14-29(37)15-11-27)34(41)25-40(30-16-18-31(19-17-30)45-4-2)46(43,44)32-20-12-28(36)13-21-32/h5-21,33H,3-4,22-25H2,1-2H3,(H,38,42)/t33-/m0/s1. The van der Waals surface area contributed by atoms with Crippen LogP contribution in [0.25, 0.3) is 0 Å². The summed E-state index contributed by atoms with van der Waals surface area (Å²) >= 11 is 9.50. The Balaban J connectivity index is 1.79. The molecule has 0 aliphatic carbocycles. The van der Waals surface area contributed by atoms with Gasteiger partial charge in [-0.3, -0.25) is 13.9 Å². The molecule has 0 fully saturated rings. The van der Waals surface area contributed by atoms with E-state index in [-0.39, 0.29) is 29.5 Å². The first kappa shape index (κ1) is 35.0. The Morgan fingerprint density at radius 2 is 1.52 bits per heavy atom. The summed E-state index contributed by atoms with van der Waals surface area (Å²) < 4.78 is 35.7. The highest BCUT2D eigenvalue weighted by Gasteiger charge is 2.34. The Morgan fingerprint density at radius 1 is 0.870 bits per heavy atom. The predicted octanol–water partition coefficient (Wildman–Crippen LogP) is 6.86. The largest absolute Gasteiger partial charge is 0.494 e. The topological polar surface area (TPSA) is 96.0 Å². The highest BCUT2D eigenvalue weighted by atomic mass is 79.9. The Morgan fingerprint density at radius 3 is 2.13 bits per heavy atom. The van der Waals surface area contributed by atoms with E-state index in [1.165, 1.54) is 17.0 Å². The highest BCUT2D eigenvalue weighted by molar-refractivity contribution is 9.10. The van der Waals surface area contributed by atoms with Crippen LogP contribution in [0.5, 0.6) is 5.75 Å². The Bertz CT molecular complexity index is 1690. The summed E-state index contributed by atoms with van der Waals surface area (Å²) in [6.45, 7) is 4.19. The number of nitrogens with zero attached hydrogens (tertiary/aromatic N) is 2. The number of halogens is 2. The summed E-state index contributed by atoms with van der Waals surface area (Å²) in [6, 6.07) is 28.3. The average molecular weight is 727 g/mol. The molecule has 0 aliphatic heterocycles. The molecule has 8 nitrogen and oxygen atoms in total. The smallest absolute Gasteiger partial charge is 0.264 e. The second-order valence-corrected chi connectivity index (χ2v) is 13.8. The van der Waals surface area contributed by atoms with Crippen molar-refractivity contribution in [2.24, 2.45) is 0 Å². The third-order valence-electron chi connectivity index (χ3n) is 7.20. The molecule has 0 spiro atoms. The van der Waals surface area contributed by atoms with Crippen molar-refractivity contribution in [2.75, 3.05) is 24.0 Å². The minimum absolute atomic E-state index is 0.0168. The maximum atomic E-state index is 14.5. The molecular weight excluding hydrogens is 690 g/mol. The molecule has 242 valence electrons. The lowest BCUT2D eigenvalue weighted by Gasteiger charge is -2.34. The number of amides is 2. The molecule has 2 amide bonds. The van der Waals surface area contributed by atoms with Crippen LogP contribution in [-0.4, -0.2) is 50.9 Å². The van der Waals surface area contributed by atoms with E-state index in [2.05, 4.69) is 21.2 Å². The van der Waals surface area contributed by atoms with Gasteiger partial charge < -0.3 is 15.0 Å². The van der Waals surface area contributed by atoms with Crippen LogP contribution in [0, 0.1) is 0 Å². The van der Waals surface area contributed by atoms with Gasteiger partial charge in [-0.2, -0.15) is 0 Å². The minimum atomic E-state index is -4.22. The normalized spacial score (nSPS) is 11.8. The van der Waals surface area contributed by atoms with Crippen molar-refractivity contribution in [1.82, 2.24) is 10.2 Å². The molecule has 0 saturated heterocycles. The van der Waals surface area contributed by atoms with E-state index in [1.54, 1.807) is 60.7 Å². The zero-order valence-electron chi connectivity index (χ0n) is 25.7. The van der Waals surface area contributed by atoms with E-state index >= 15 is 0 Å². The van der Waals surface area contributed by atoms with Crippen LogP contribution < -0.4 is 14.4 Å². The van der Waals surface area contributed by atoms with E-state index in [0.717, 1.165) is 15.4 Å². The number of sulfonamides is 1. The third-order valence-corrected chi connectivity index (χ3v) is 9.77. The quantitative estimate of drug-likeness (QED) is 0.145. The van der Waals surface area contributed by atoms with Gasteiger partial charge in [0.1, 0.15) is 18.3 Å². The molecule has 4 aromatic carbocycles. The summed E-state index contributed by atoms with van der Waals surface area (Å²) in [5, 5.41) is 3.48. The summed E-state index contributed by atoms with van der Waals surface area (Å²) in [6.07, 6.45) is 0.949.